The summed E-state index contributed by atoms with van der Waals surface area (Å²) in [4.78, 5) is 32.1. The molecule has 1 aromatic heterocycles. The number of nitrogens with one attached hydrogen (secondary N) is 1. The molecule has 0 spiro atoms. The molecule has 2 heterocycles. The van der Waals surface area contributed by atoms with E-state index in [-0.39, 0.29) is 39.8 Å². The number of anilines is 2. The van der Waals surface area contributed by atoms with Gasteiger partial charge in [0.1, 0.15) is 17.7 Å². The van der Waals surface area contributed by atoms with Crippen molar-refractivity contribution in [1.29, 1.82) is 0 Å². The number of pyridine rings is 1. The lowest BCUT2D eigenvalue weighted by molar-refractivity contribution is -0.143. The molecule has 2 unspecified atom stereocenters. The van der Waals surface area contributed by atoms with Gasteiger partial charge in [-0.2, -0.15) is 0 Å². The van der Waals surface area contributed by atoms with Crippen LogP contribution in [0.25, 0.3) is 10.8 Å². The lowest BCUT2D eigenvalue weighted by Gasteiger charge is -2.32. The van der Waals surface area contributed by atoms with Gasteiger partial charge in [0.2, 0.25) is 5.91 Å². The fourth-order valence-corrected chi connectivity index (χ4v) is 6.80. The first-order valence-electron chi connectivity index (χ1n) is 13.2. The van der Waals surface area contributed by atoms with E-state index in [0.29, 0.717) is 16.9 Å². The van der Waals surface area contributed by atoms with Gasteiger partial charge in [0.15, 0.2) is 9.84 Å². The zero-order valence-corrected chi connectivity index (χ0v) is 24.1. The fraction of sp³-hybridized carbons (Fsp3) is 0.233. The second-order valence-electron chi connectivity index (χ2n) is 10.0. The molecule has 1 aliphatic heterocycles. The summed E-state index contributed by atoms with van der Waals surface area (Å²) in [5.41, 5.74) is 6.60. The summed E-state index contributed by atoms with van der Waals surface area (Å²) < 4.78 is 41.3. The SMILES string of the molecule is CCS(=O)(=O)c1ccccc1C1C(C(=O)O)CCN1C(=O)[C@H](Nc1ccc2c(N)nccc2c1)c1cc(Cl)ccc1F. The van der Waals surface area contributed by atoms with Gasteiger partial charge in [-0.25, -0.2) is 17.8 Å². The number of sulfone groups is 1. The third kappa shape index (κ3) is 5.49. The molecule has 1 saturated heterocycles. The molecule has 12 heteroatoms. The Morgan fingerprint density at radius 3 is 2.67 bits per heavy atom. The number of carboxylic acid groups (broad SMARTS) is 1. The minimum absolute atomic E-state index is 0.0151. The number of carbonyl (C=O) groups excluding carboxylic acids is 1. The van der Waals surface area contributed by atoms with Crippen LogP contribution in [0, 0.1) is 11.7 Å². The smallest absolute Gasteiger partial charge is 0.309 e. The number of nitrogen functional groups attached to an aromatic ring is 1. The zero-order chi connectivity index (χ0) is 30.2. The van der Waals surface area contributed by atoms with E-state index in [4.69, 9.17) is 17.3 Å². The normalized spacial score (nSPS) is 17.7. The zero-order valence-electron chi connectivity index (χ0n) is 22.5. The topological polar surface area (TPSA) is 143 Å². The number of nitrogens with two attached hydrogens (primary N) is 1. The van der Waals surface area contributed by atoms with E-state index >= 15 is 4.39 Å². The van der Waals surface area contributed by atoms with Gasteiger partial charge >= 0.3 is 5.97 Å². The van der Waals surface area contributed by atoms with Crippen molar-refractivity contribution in [1.82, 2.24) is 9.88 Å². The largest absolute Gasteiger partial charge is 0.481 e. The van der Waals surface area contributed by atoms with Crippen LogP contribution in [-0.2, 0) is 19.4 Å². The van der Waals surface area contributed by atoms with Gasteiger partial charge in [0.25, 0.3) is 0 Å². The Morgan fingerprint density at radius 2 is 1.93 bits per heavy atom. The number of nitrogens with zero attached hydrogens (tertiary/aromatic N) is 2. The van der Waals surface area contributed by atoms with E-state index in [1.807, 2.05) is 0 Å². The number of carbonyl (C=O) groups is 2. The average Bonchev–Trinajstić information content (AvgIpc) is 3.43. The van der Waals surface area contributed by atoms with Crippen LogP contribution >= 0.6 is 11.6 Å². The van der Waals surface area contributed by atoms with Crippen LogP contribution in [-0.4, -0.2) is 47.6 Å². The maximum atomic E-state index is 15.3. The summed E-state index contributed by atoms with van der Waals surface area (Å²) in [7, 11) is -3.76. The maximum absolute atomic E-state index is 15.3. The number of hydrogen-bond acceptors (Lipinski definition) is 7. The molecule has 1 aliphatic rings. The second kappa shape index (κ2) is 11.6. The van der Waals surface area contributed by atoms with Crippen LogP contribution in [0.1, 0.15) is 36.6 Å². The molecule has 3 atom stereocenters. The van der Waals surface area contributed by atoms with Crippen LogP contribution in [0.15, 0.2) is 77.8 Å². The molecule has 1 fully saturated rings. The number of hydrogen-bond donors (Lipinski definition) is 3. The van der Waals surface area contributed by atoms with Crippen LogP contribution in [0.5, 0.6) is 0 Å². The second-order valence-corrected chi connectivity index (χ2v) is 12.7. The molecule has 218 valence electrons. The van der Waals surface area contributed by atoms with E-state index in [1.54, 1.807) is 42.6 Å². The first kappa shape index (κ1) is 29.3. The molecule has 0 aliphatic carbocycles. The molecule has 0 saturated carbocycles. The van der Waals surface area contributed by atoms with Gasteiger partial charge in [-0.15, -0.1) is 0 Å². The Labute approximate surface area is 247 Å². The highest BCUT2D eigenvalue weighted by Crippen LogP contribution is 2.42. The molecule has 42 heavy (non-hydrogen) atoms. The number of halogens is 2. The van der Waals surface area contributed by atoms with Gasteiger partial charge in [0, 0.05) is 34.4 Å². The highest BCUT2D eigenvalue weighted by atomic mass is 35.5. The number of benzene rings is 3. The van der Waals surface area contributed by atoms with Crippen LogP contribution < -0.4 is 11.1 Å². The summed E-state index contributed by atoms with van der Waals surface area (Å²) >= 11 is 6.22. The number of carboxylic acids is 1. The highest BCUT2D eigenvalue weighted by molar-refractivity contribution is 7.91. The van der Waals surface area contributed by atoms with Crippen molar-refractivity contribution in [2.24, 2.45) is 5.92 Å². The van der Waals surface area contributed by atoms with Crippen LogP contribution in [0.3, 0.4) is 0 Å². The minimum atomic E-state index is -3.76. The molecule has 9 nitrogen and oxygen atoms in total. The Morgan fingerprint density at radius 1 is 1.17 bits per heavy atom. The van der Waals surface area contributed by atoms with E-state index in [2.05, 4.69) is 10.3 Å². The van der Waals surface area contributed by atoms with Gasteiger partial charge in [-0.05, 0) is 65.9 Å². The first-order chi connectivity index (χ1) is 20.0. The summed E-state index contributed by atoms with van der Waals surface area (Å²) in [6.07, 6.45) is 1.63. The Bertz CT molecular complexity index is 1800. The van der Waals surface area contributed by atoms with E-state index in [1.165, 1.54) is 36.1 Å². The Hall–Kier alpha value is -4.22. The monoisotopic (exact) mass is 610 g/mol. The quantitative estimate of drug-likeness (QED) is 0.246. The average molecular weight is 611 g/mol. The summed E-state index contributed by atoms with van der Waals surface area (Å²) in [5, 5.41) is 14.8. The van der Waals surface area contributed by atoms with Crippen molar-refractivity contribution in [3.05, 3.63) is 94.9 Å². The third-order valence-electron chi connectivity index (χ3n) is 7.57. The molecule has 4 aromatic rings. The van der Waals surface area contributed by atoms with Crippen molar-refractivity contribution in [2.75, 3.05) is 23.3 Å². The molecule has 0 bridgehead atoms. The molecular weight excluding hydrogens is 583 g/mol. The number of amides is 1. The number of fused-ring (bicyclic) bond motifs is 1. The van der Waals surface area contributed by atoms with Gasteiger partial charge in [-0.3, -0.25) is 9.59 Å². The predicted octanol–water partition coefficient (Wildman–Crippen LogP) is 5.23. The van der Waals surface area contributed by atoms with Crippen LogP contribution in [0.2, 0.25) is 5.02 Å². The lowest BCUT2D eigenvalue weighted by atomic mass is 9.93. The fourth-order valence-electron chi connectivity index (χ4n) is 5.48. The summed E-state index contributed by atoms with van der Waals surface area (Å²) in [6, 6.07) is 14.4. The third-order valence-corrected chi connectivity index (χ3v) is 9.61. The first-order valence-corrected chi connectivity index (χ1v) is 15.3. The highest BCUT2D eigenvalue weighted by Gasteiger charge is 2.46. The number of rotatable bonds is 8. The molecule has 5 rings (SSSR count). The number of aromatic nitrogens is 1. The summed E-state index contributed by atoms with van der Waals surface area (Å²) in [6.45, 7) is 1.51. The Kier molecular flexibility index (Phi) is 8.07. The molecule has 0 radical (unpaired) electrons. The van der Waals surface area contributed by atoms with Gasteiger partial charge < -0.3 is 21.1 Å². The molecule has 3 aromatic carbocycles. The Balaban J connectivity index is 1.62. The number of aliphatic carboxylic acids is 1. The van der Waals surface area contributed by atoms with Gasteiger partial charge in [0.05, 0.1) is 22.6 Å². The minimum Gasteiger partial charge on any atom is -0.481 e. The lowest BCUT2D eigenvalue weighted by Crippen LogP contribution is -2.40. The van der Waals surface area contributed by atoms with E-state index < -0.39 is 45.5 Å². The van der Waals surface area contributed by atoms with Gasteiger partial charge in [-0.1, -0.05) is 36.7 Å². The van der Waals surface area contributed by atoms with Crippen LogP contribution in [0.4, 0.5) is 15.9 Å². The number of likely N-dealkylation sites (tertiary alicyclic amines) is 1. The van der Waals surface area contributed by atoms with E-state index in [9.17, 15) is 23.1 Å². The van der Waals surface area contributed by atoms with Crippen molar-refractivity contribution >= 4 is 55.6 Å². The van der Waals surface area contributed by atoms with E-state index in [0.717, 1.165) is 11.5 Å². The predicted molar refractivity (Wildman–Crippen MR) is 158 cm³/mol. The molecule has 1 amide bonds. The van der Waals surface area contributed by atoms with Crippen molar-refractivity contribution in [2.45, 2.75) is 30.3 Å². The maximum Gasteiger partial charge on any atom is 0.309 e. The molecular formula is C30H28ClFN4O5S. The van der Waals surface area contributed by atoms with Crippen molar-refractivity contribution < 1.29 is 27.5 Å². The summed E-state index contributed by atoms with van der Waals surface area (Å²) in [5.74, 6) is -3.46. The standard InChI is InChI=1S/C30H28ClFN4O5S/c1-2-42(40,41)25-6-4-3-5-21(25)27-22(30(38)39)12-14-36(27)29(37)26(23-16-18(31)7-10-24(23)32)35-19-8-9-20-17(15-19)11-13-34-28(20)33/h3-11,13,15-16,22,26-27,35H,2,12,14H2,1H3,(H2,33,34)(H,38,39)/t22?,26-,27?/m1/s1. The van der Waals surface area contributed by atoms with Crippen molar-refractivity contribution in [3.8, 4) is 0 Å². The molecule has 4 N–H and O–H groups in total. The van der Waals surface area contributed by atoms with Crippen molar-refractivity contribution in [3.63, 3.8) is 0 Å².